The lowest BCUT2D eigenvalue weighted by atomic mass is 10.0. The van der Waals surface area contributed by atoms with Crippen molar-refractivity contribution in [2.75, 3.05) is 0 Å². The van der Waals surface area contributed by atoms with Gasteiger partial charge in [0, 0.05) is 43.6 Å². The van der Waals surface area contributed by atoms with Crippen LogP contribution < -0.4 is 0 Å². The fourth-order valence-corrected chi connectivity index (χ4v) is 8.05. The van der Waals surface area contributed by atoms with Crippen LogP contribution in [-0.2, 0) is 0 Å². The Morgan fingerprint density at radius 1 is 0.392 bits per heavy atom. The van der Waals surface area contributed by atoms with Crippen LogP contribution in [0.15, 0.2) is 180 Å². The molecule has 7 aromatic carbocycles. The standard InChI is InChI=1S/C47H29N3O/c1-3-14-30(15-4-1)31-26-40(37-22-13-21-36-35-20-9-12-25-45(35)51-47(36)37)48-46(27-31)50-42-24-11-8-19-34(42)39-28-43-38(29-44(39)50)33-18-7-10-23-41(33)49(43)32-16-5-2-6-17-32/h1-29H. The SMILES string of the molecule is c1ccc(-c2cc(-c3cccc4c3oc3ccccc34)nc(-n3c4ccccc4c4cc5c(cc43)c3ccccc3n5-c3ccccc3)c2)cc1. The van der Waals surface area contributed by atoms with Crippen LogP contribution in [0, 0.1) is 0 Å². The molecule has 0 fully saturated rings. The minimum absolute atomic E-state index is 0.847. The molecule has 0 atom stereocenters. The molecule has 11 rings (SSSR count). The molecule has 11 aromatic rings. The molecule has 0 amide bonds. The number of hydrogen-bond acceptors (Lipinski definition) is 2. The maximum Gasteiger partial charge on any atom is 0.144 e. The number of rotatable bonds is 4. The van der Waals surface area contributed by atoms with Gasteiger partial charge in [0.1, 0.15) is 17.0 Å². The van der Waals surface area contributed by atoms with E-state index in [2.05, 4.69) is 173 Å². The summed E-state index contributed by atoms with van der Waals surface area (Å²) in [6.45, 7) is 0. The Bertz CT molecular complexity index is 3130. The highest BCUT2D eigenvalue weighted by Crippen LogP contribution is 2.41. The summed E-state index contributed by atoms with van der Waals surface area (Å²) in [5.41, 5.74) is 11.5. The Balaban J connectivity index is 1.24. The molecule has 4 aromatic heterocycles. The molecule has 0 aliphatic carbocycles. The van der Waals surface area contributed by atoms with Crippen molar-refractivity contribution in [2.24, 2.45) is 0 Å². The summed E-state index contributed by atoms with van der Waals surface area (Å²) < 4.78 is 11.3. The number of para-hydroxylation sites is 5. The monoisotopic (exact) mass is 651 g/mol. The van der Waals surface area contributed by atoms with E-state index in [4.69, 9.17) is 9.40 Å². The highest BCUT2D eigenvalue weighted by atomic mass is 16.3. The average molecular weight is 652 g/mol. The quantitative estimate of drug-likeness (QED) is 0.190. The summed E-state index contributed by atoms with van der Waals surface area (Å²) in [6.07, 6.45) is 0. The Hall–Kier alpha value is -6.91. The summed E-state index contributed by atoms with van der Waals surface area (Å²) >= 11 is 0. The molecule has 0 unspecified atom stereocenters. The van der Waals surface area contributed by atoms with Gasteiger partial charge in [0.15, 0.2) is 0 Å². The van der Waals surface area contributed by atoms with Crippen LogP contribution in [0.5, 0.6) is 0 Å². The largest absolute Gasteiger partial charge is 0.455 e. The van der Waals surface area contributed by atoms with Gasteiger partial charge in [0.05, 0.1) is 27.8 Å². The Morgan fingerprint density at radius 2 is 0.980 bits per heavy atom. The van der Waals surface area contributed by atoms with E-state index in [-0.39, 0.29) is 0 Å². The molecule has 0 aliphatic rings. The molecule has 4 heterocycles. The van der Waals surface area contributed by atoms with Crippen molar-refractivity contribution in [2.45, 2.75) is 0 Å². The van der Waals surface area contributed by atoms with E-state index < -0.39 is 0 Å². The molecule has 0 aliphatic heterocycles. The van der Waals surface area contributed by atoms with Crippen molar-refractivity contribution in [1.82, 2.24) is 14.1 Å². The van der Waals surface area contributed by atoms with Crippen molar-refractivity contribution in [1.29, 1.82) is 0 Å². The van der Waals surface area contributed by atoms with Gasteiger partial charge in [-0.15, -0.1) is 0 Å². The zero-order chi connectivity index (χ0) is 33.5. The molecule has 0 spiro atoms. The van der Waals surface area contributed by atoms with E-state index in [0.29, 0.717) is 0 Å². The Kier molecular flexibility index (Phi) is 5.92. The normalized spacial score (nSPS) is 11.9. The highest BCUT2D eigenvalue weighted by Gasteiger charge is 2.21. The first-order chi connectivity index (χ1) is 25.3. The smallest absolute Gasteiger partial charge is 0.144 e. The van der Waals surface area contributed by atoms with Gasteiger partial charge in [0.25, 0.3) is 0 Å². The summed E-state index contributed by atoms with van der Waals surface area (Å²) in [5.74, 6) is 0.858. The minimum Gasteiger partial charge on any atom is -0.455 e. The van der Waals surface area contributed by atoms with Crippen molar-refractivity contribution in [3.8, 4) is 33.9 Å². The lowest BCUT2D eigenvalue weighted by molar-refractivity contribution is 0.670. The van der Waals surface area contributed by atoms with Crippen LogP contribution in [0.25, 0.3) is 99.4 Å². The topological polar surface area (TPSA) is 35.9 Å². The van der Waals surface area contributed by atoms with Crippen molar-refractivity contribution >= 4 is 65.6 Å². The molecule has 0 radical (unpaired) electrons. The molecule has 0 bridgehead atoms. The van der Waals surface area contributed by atoms with E-state index in [1.54, 1.807) is 0 Å². The third-order valence-corrected chi connectivity index (χ3v) is 10.3. The second-order valence-electron chi connectivity index (χ2n) is 13.2. The van der Waals surface area contributed by atoms with Crippen LogP contribution in [0.2, 0.25) is 0 Å². The van der Waals surface area contributed by atoms with Crippen LogP contribution in [0.1, 0.15) is 0 Å². The van der Waals surface area contributed by atoms with Crippen molar-refractivity contribution in [3.05, 3.63) is 176 Å². The van der Waals surface area contributed by atoms with Crippen molar-refractivity contribution in [3.63, 3.8) is 0 Å². The number of aromatic nitrogens is 3. The van der Waals surface area contributed by atoms with Gasteiger partial charge in [-0.25, -0.2) is 4.98 Å². The van der Waals surface area contributed by atoms with Crippen molar-refractivity contribution < 1.29 is 4.42 Å². The zero-order valence-corrected chi connectivity index (χ0v) is 27.5. The molecular weight excluding hydrogens is 623 g/mol. The molecule has 238 valence electrons. The predicted octanol–water partition coefficient (Wildman–Crippen LogP) is 12.5. The lowest BCUT2D eigenvalue weighted by Gasteiger charge is -2.13. The summed E-state index contributed by atoms with van der Waals surface area (Å²) in [6, 6.07) is 62.4. The number of fused-ring (bicyclic) bond motifs is 9. The van der Waals surface area contributed by atoms with Gasteiger partial charge in [-0.05, 0) is 71.8 Å². The van der Waals surface area contributed by atoms with Gasteiger partial charge >= 0.3 is 0 Å². The van der Waals surface area contributed by atoms with E-state index in [1.807, 2.05) is 12.1 Å². The fourth-order valence-electron chi connectivity index (χ4n) is 8.05. The Morgan fingerprint density at radius 3 is 1.73 bits per heavy atom. The van der Waals surface area contributed by atoms with Gasteiger partial charge in [-0.2, -0.15) is 0 Å². The first-order valence-corrected chi connectivity index (χ1v) is 17.3. The van der Waals surface area contributed by atoms with Crippen LogP contribution in [-0.4, -0.2) is 14.1 Å². The van der Waals surface area contributed by atoms with E-state index in [1.165, 1.54) is 32.6 Å². The van der Waals surface area contributed by atoms with Gasteiger partial charge < -0.3 is 8.98 Å². The zero-order valence-electron chi connectivity index (χ0n) is 27.5. The second kappa shape index (κ2) is 10.8. The number of pyridine rings is 1. The van der Waals surface area contributed by atoms with E-state index in [9.17, 15) is 0 Å². The molecule has 51 heavy (non-hydrogen) atoms. The lowest BCUT2D eigenvalue weighted by Crippen LogP contribution is -2.00. The number of furan rings is 1. The van der Waals surface area contributed by atoms with Crippen LogP contribution >= 0.6 is 0 Å². The molecule has 0 N–H and O–H groups in total. The summed E-state index contributed by atoms with van der Waals surface area (Å²) in [5, 5.41) is 6.99. The van der Waals surface area contributed by atoms with E-state index in [0.717, 1.165) is 66.9 Å². The third-order valence-electron chi connectivity index (χ3n) is 10.3. The summed E-state index contributed by atoms with van der Waals surface area (Å²) in [4.78, 5) is 5.49. The molecule has 4 heteroatoms. The Labute approximate surface area is 293 Å². The molecule has 0 saturated carbocycles. The average Bonchev–Trinajstić information content (AvgIpc) is 3.85. The third kappa shape index (κ3) is 4.17. The highest BCUT2D eigenvalue weighted by molar-refractivity contribution is 6.19. The van der Waals surface area contributed by atoms with Crippen LogP contribution in [0.4, 0.5) is 0 Å². The second-order valence-corrected chi connectivity index (χ2v) is 13.2. The molecular formula is C47H29N3O. The first kappa shape index (κ1) is 28.0. The van der Waals surface area contributed by atoms with Gasteiger partial charge in [0.2, 0.25) is 0 Å². The predicted molar refractivity (Wildman–Crippen MR) is 211 cm³/mol. The van der Waals surface area contributed by atoms with Crippen LogP contribution in [0.3, 0.4) is 0 Å². The molecule has 4 nitrogen and oxygen atoms in total. The first-order valence-electron chi connectivity index (χ1n) is 17.3. The van der Waals surface area contributed by atoms with Gasteiger partial charge in [-0.1, -0.05) is 115 Å². The number of benzene rings is 7. The fraction of sp³-hybridized carbons (Fsp3) is 0. The maximum absolute atomic E-state index is 6.53. The van der Waals surface area contributed by atoms with Gasteiger partial charge in [-0.3, -0.25) is 4.57 Å². The minimum atomic E-state index is 0.847. The number of nitrogens with zero attached hydrogens (tertiary/aromatic N) is 3. The maximum atomic E-state index is 6.53. The number of hydrogen-bond donors (Lipinski definition) is 0. The van der Waals surface area contributed by atoms with E-state index >= 15 is 0 Å². The molecule has 0 saturated heterocycles. The summed E-state index contributed by atoms with van der Waals surface area (Å²) in [7, 11) is 0.